The third-order valence-corrected chi connectivity index (χ3v) is 12.6. The number of methoxy groups -OCH3 is 1. The molecule has 7 amide bonds. The molecule has 1 fully saturated rings. The first-order valence-corrected chi connectivity index (χ1v) is 23.2. The maximum absolute atomic E-state index is 14.9. The lowest BCUT2D eigenvalue weighted by molar-refractivity contribution is -0.145. The summed E-state index contributed by atoms with van der Waals surface area (Å²) >= 11 is 0. The largest absolute Gasteiger partial charge is 0.374 e. The van der Waals surface area contributed by atoms with Crippen LogP contribution in [0.4, 0.5) is 0 Å². The van der Waals surface area contributed by atoms with Gasteiger partial charge in [0.1, 0.15) is 48.4 Å². The zero-order chi connectivity index (χ0) is 48.8. The van der Waals surface area contributed by atoms with E-state index in [-0.39, 0.29) is 25.2 Å². The number of benzene rings is 2. The number of para-hydroxylation sites is 1. The van der Waals surface area contributed by atoms with Crippen molar-refractivity contribution in [2.24, 2.45) is 23.5 Å². The Hall–Kier alpha value is -5.81. The third-order valence-electron chi connectivity index (χ3n) is 12.6. The van der Waals surface area contributed by atoms with Crippen LogP contribution in [0.3, 0.4) is 0 Å². The monoisotopic (exact) mass is 916 g/mol. The van der Waals surface area contributed by atoms with E-state index < -0.39 is 102 Å². The number of fused-ring (bicyclic) bond motifs is 1. The summed E-state index contributed by atoms with van der Waals surface area (Å²) in [6.07, 6.45) is 2.66. The highest BCUT2D eigenvalue weighted by molar-refractivity contribution is 5.99. The molecule has 1 aliphatic heterocycles. The Kier molecular flexibility index (Phi) is 19.7. The second kappa shape index (κ2) is 24.6. The Morgan fingerprint density at radius 2 is 1.27 bits per heavy atom. The quantitative estimate of drug-likeness (QED) is 0.118. The van der Waals surface area contributed by atoms with Crippen LogP contribution >= 0.6 is 0 Å². The number of nitrogens with one attached hydrogen (secondary N) is 6. The van der Waals surface area contributed by atoms with E-state index in [4.69, 9.17) is 10.5 Å². The number of carbonyl (C=O) groups excluding carboxylic acids is 7. The molecule has 8 N–H and O–H groups in total. The number of amides is 7. The summed E-state index contributed by atoms with van der Waals surface area (Å²) in [4.78, 5) is 108. The lowest BCUT2D eigenvalue weighted by atomic mass is 9.94. The Balaban J connectivity index is 1.90. The SMILES string of the molecule is CC[C@H](C)[C@@H]1NC(=O)[C@H](CC(C)C)N(C)C(=O)[C@H](C(C)C)NC(=O)[C@H]([C@H](OC)c2ccccc2)NC(=O)[C@H](C)NC(=O)[C@H](CCCCN)N(C)C(=O)[C@H](Cc2c[nH]c3ccccc23)NC1=O. The minimum absolute atomic E-state index is 0.0321. The number of aromatic nitrogens is 1. The van der Waals surface area contributed by atoms with Crippen LogP contribution < -0.4 is 32.3 Å². The summed E-state index contributed by atoms with van der Waals surface area (Å²) in [5, 5.41) is 15.1. The molecule has 9 atom stereocenters. The molecule has 1 aromatic heterocycles. The molecule has 0 radical (unpaired) electrons. The van der Waals surface area contributed by atoms with Gasteiger partial charge in [0.05, 0.1) is 0 Å². The summed E-state index contributed by atoms with van der Waals surface area (Å²) in [5.41, 5.74) is 7.97. The van der Waals surface area contributed by atoms with Crippen molar-refractivity contribution < 1.29 is 38.3 Å². The topological polar surface area (TPSA) is 237 Å². The van der Waals surface area contributed by atoms with Gasteiger partial charge in [-0.1, -0.05) is 96.5 Å². The molecular formula is C49H73N9O8. The van der Waals surface area contributed by atoms with Gasteiger partial charge in [0.25, 0.3) is 0 Å². The predicted octanol–water partition coefficient (Wildman–Crippen LogP) is 3.09. The van der Waals surface area contributed by atoms with E-state index in [1.807, 2.05) is 52.0 Å². The van der Waals surface area contributed by atoms with Crippen molar-refractivity contribution >= 4 is 52.3 Å². The lowest BCUT2D eigenvalue weighted by Gasteiger charge is -2.35. The van der Waals surface area contributed by atoms with Crippen LogP contribution in [0.2, 0.25) is 0 Å². The molecular weight excluding hydrogens is 843 g/mol. The summed E-state index contributed by atoms with van der Waals surface area (Å²) in [6, 6.07) is 8.02. The molecule has 362 valence electrons. The standard InChI is InChI=1S/C49H73N9O8/c1-11-30(6)40-46(62)53-36(26-33-27-51-35-22-16-15-21-34(33)35)48(64)57(8)37(23-17-18-24-50)44(60)52-31(7)43(59)56-41(42(66-10)32-19-13-12-14-20-32)47(63)54-39(29(4)5)49(65)58(9)38(25-28(2)3)45(61)55-40/h12-16,19-22,27-31,36-42,51H,11,17-18,23-26,50H2,1-10H3,(H,52,60)(H,53,62)(H,54,63)(H,55,61)(H,56,59)/t30-,31-,36-,37-,38-,39-,40-,41-,42+/m0/s1. The van der Waals surface area contributed by atoms with Crippen LogP contribution in [0.15, 0.2) is 60.8 Å². The maximum atomic E-state index is 14.9. The summed E-state index contributed by atoms with van der Waals surface area (Å²) < 4.78 is 5.86. The summed E-state index contributed by atoms with van der Waals surface area (Å²) in [7, 11) is 4.37. The minimum Gasteiger partial charge on any atom is -0.374 e. The van der Waals surface area contributed by atoms with Gasteiger partial charge in [-0.25, -0.2) is 0 Å². The smallest absolute Gasteiger partial charge is 0.246 e. The van der Waals surface area contributed by atoms with Crippen LogP contribution in [0, 0.1) is 17.8 Å². The van der Waals surface area contributed by atoms with Gasteiger partial charge < -0.3 is 51.8 Å². The van der Waals surface area contributed by atoms with E-state index in [2.05, 4.69) is 31.6 Å². The molecule has 2 heterocycles. The van der Waals surface area contributed by atoms with Crippen LogP contribution in [0.1, 0.15) is 97.8 Å². The first kappa shape index (κ1) is 52.8. The van der Waals surface area contributed by atoms with Crippen molar-refractivity contribution in [1.29, 1.82) is 0 Å². The molecule has 3 aromatic rings. The number of H-pyrrole nitrogens is 1. The number of aromatic amines is 1. The number of nitrogens with two attached hydrogens (primary N) is 1. The highest BCUT2D eigenvalue weighted by Crippen LogP contribution is 2.24. The van der Waals surface area contributed by atoms with Crippen molar-refractivity contribution in [1.82, 2.24) is 41.4 Å². The fourth-order valence-electron chi connectivity index (χ4n) is 8.37. The third kappa shape index (κ3) is 13.4. The van der Waals surface area contributed by atoms with Gasteiger partial charge in [-0.2, -0.15) is 0 Å². The highest BCUT2D eigenvalue weighted by Gasteiger charge is 2.41. The van der Waals surface area contributed by atoms with E-state index in [0.717, 1.165) is 16.5 Å². The number of hydrogen-bond donors (Lipinski definition) is 7. The number of unbranched alkanes of at least 4 members (excludes halogenated alkanes) is 1. The number of ether oxygens (including phenoxy) is 1. The molecule has 0 spiro atoms. The molecule has 0 saturated carbocycles. The average Bonchev–Trinajstić information content (AvgIpc) is 3.70. The normalized spacial score (nSPS) is 24.6. The van der Waals surface area contributed by atoms with E-state index in [1.54, 1.807) is 50.4 Å². The van der Waals surface area contributed by atoms with Gasteiger partial charge in [0, 0.05) is 44.7 Å². The summed E-state index contributed by atoms with van der Waals surface area (Å²) in [6.45, 7) is 12.8. The fourth-order valence-corrected chi connectivity index (χ4v) is 8.37. The van der Waals surface area contributed by atoms with E-state index >= 15 is 0 Å². The molecule has 66 heavy (non-hydrogen) atoms. The van der Waals surface area contributed by atoms with Crippen LogP contribution in [-0.2, 0) is 44.7 Å². The Labute approximate surface area is 389 Å². The molecule has 0 bridgehead atoms. The highest BCUT2D eigenvalue weighted by atomic mass is 16.5. The van der Waals surface area contributed by atoms with Crippen molar-refractivity contribution in [2.75, 3.05) is 27.7 Å². The van der Waals surface area contributed by atoms with Crippen molar-refractivity contribution in [3.63, 3.8) is 0 Å². The number of rotatable bonds is 14. The number of hydrogen-bond acceptors (Lipinski definition) is 9. The van der Waals surface area contributed by atoms with Crippen LogP contribution in [0.25, 0.3) is 10.9 Å². The van der Waals surface area contributed by atoms with Gasteiger partial charge in [-0.15, -0.1) is 0 Å². The summed E-state index contributed by atoms with van der Waals surface area (Å²) in [5.74, 6) is -5.46. The molecule has 17 heteroatoms. The first-order chi connectivity index (χ1) is 31.3. The second-order valence-corrected chi connectivity index (χ2v) is 18.4. The van der Waals surface area contributed by atoms with Gasteiger partial charge in [0.15, 0.2) is 0 Å². The van der Waals surface area contributed by atoms with Crippen molar-refractivity contribution in [3.8, 4) is 0 Å². The molecule has 0 unspecified atom stereocenters. The van der Waals surface area contributed by atoms with E-state index in [0.29, 0.717) is 31.4 Å². The molecule has 17 nitrogen and oxygen atoms in total. The van der Waals surface area contributed by atoms with Gasteiger partial charge in [-0.05, 0) is 74.1 Å². The molecule has 4 rings (SSSR count). The Morgan fingerprint density at radius 1 is 0.682 bits per heavy atom. The van der Waals surface area contributed by atoms with Gasteiger partial charge >= 0.3 is 0 Å². The first-order valence-electron chi connectivity index (χ1n) is 23.2. The average molecular weight is 916 g/mol. The van der Waals surface area contributed by atoms with E-state index in [1.165, 1.54) is 37.9 Å². The lowest BCUT2D eigenvalue weighted by Crippen LogP contribution is -2.62. The zero-order valence-corrected chi connectivity index (χ0v) is 40.3. The Morgan fingerprint density at radius 3 is 1.89 bits per heavy atom. The molecule has 0 aliphatic carbocycles. The fraction of sp³-hybridized carbons (Fsp3) is 0.571. The molecule has 1 saturated heterocycles. The zero-order valence-electron chi connectivity index (χ0n) is 40.3. The van der Waals surface area contributed by atoms with Gasteiger partial charge in [-0.3, -0.25) is 33.6 Å². The predicted molar refractivity (Wildman–Crippen MR) is 253 cm³/mol. The van der Waals surface area contributed by atoms with E-state index in [9.17, 15) is 33.6 Å². The number of carbonyl (C=O) groups is 7. The maximum Gasteiger partial charge on any atom is 0.246 e. The van der Waals surface area contributed by atoms with Gasteiger partial charge in [0.2, 0.25) is 41.4 Å². The minimum atomic E-state index is -1.41. The van der Waals surface area contributed by atoms with Crippen LogP contribution in [-0.4, -0.2) is 126 Å². The number of nitrogens with zero attached hydrogens (tertiary/aromatic N) is 2. The Bertz CT molecular complexity index is 2130. The van der Waals surface area contributed by atoms with Crippen LogP contribution in [0.5, 0.6) is 0 Å². The van der Waals surface area contributed by atoms with Crippen molar-refractivity contribution in [2.45, 2.75) is 135 Å². The molecule has 1 aliphatic rings. The molecule has 2 aromatic carbocycles. The second-order valence-electron chi connectivity index (χ2n) is 18.4. The van der Waals surface area contributed by atoms with Crippen molar-refractivity contribution in [3.05, 3.63) is 71.9 Å². The number of likely N-dealkylation sites (N-methyl/N-ethyl adjacent to an activating group) is 2.